The standard InChI is InChI=1S/C15H19N7O/c1-2-22-6-5-16-15(22)12-11(4-3-7-23-12)20-13-10-8-19-21-14(10)18-9-17-13/h5-6,8-9,11-12H,2-4,7H2,1H3,(H2,17,18,19,20,21)/t11-,12-/m0/s1. The number of aromatic amines is 1. The molecule has 23 heavy (non-hydrogen) atoms. The van der Waals surface area contributed by atoms with E-state index in [9.17, 15) is 0 Å². The fourth-order valence-electron chi connectivity index (χ4n) is 3.08. The first-order chi connectivity index (χ1) is 11.4. The summed E-state index contributed by atoms with van der Waals surface area (Å²) in [6, 6.07) is 0.115. The van der Waals surface area contributed by atoms with Crippen molar-refractivity contribution < 1.29 is 4.74 Å². The van der Waals surface area contributed by atoms with Crippen molar-refractivity contribution in [2.45, 2.75) is 38.5 Å². The quantitative estimate of drug-likeness (QED) is 0.764. The Labute approximate surface area is 133 Å². The summed E-state index contributed by atoms with van der Waals surface area (Å²) in [5, 5.41) is 11.3. The number of H-pyrrole nitrogens is 1. The summed E-state index contributed by atoms with van der Waals surface area (Å²) in [5.74, 6) is 1.74. The van der Waals surface area contributed by atoms with Crippen LogP contribution in [0.15, 0.2) is 24.9 Å². The van der Waals surface area contributed by atoms with Crippen molar-refractivity contribution in [3.8, 4) is 0 Å². The molecule has 8 heteroatoms. The molecule has 8 nitrogen and oxygen atoms in total. The number of aromatic nitrogens is 6. The summed E-state index contributed by atoms with van der Waals surface area (Å²) >= 11 is 0. The third kappa shape index (κ3) is 2.55. The van der Waals surface area contributed by atoms with Gasteiger partial charge in [0.25, 0.3) is 0 Å². The molecule has 3 aromatic rings. The van der Waals surface area contributed by atoms with Crippen LogP contribution in [0.5, 0.6) is 0 Å². The average molecular weight is 313 g/mol. The molecule has 3 aromatic heterocycles. The van der Waals surface area contributed by atoms with Gasteiger partial charge in [-0.2, -0.15) is 5.10 Å². The number of hydrogen-bond donors (Lipinski definition) is 2. The lowest BCUT2D eigenvalue weighted by Crippen LogP contribution is -2.35. The highest BCUT2D eigenvalue weighted by Gasteiger charge is 2.31. The van der Waals surface area contributed by atoms with Gasteiger partial charge in [0, 0.05) is 25.5 Å². The van der Waals surface area contributed by atoms with Crippen molar-refractivity contribution in [3.63, 3.8) is 0 Å². The minimum atomic E-state index is -0.0874. The second kappa shape index (κ2) is 5.96. The molecule has 1 fully saturated rings. The summed E-state index contributed by atoms with van der Waals surface area (Å²) < 4.78 is 8.15. The smallest absolute Gasteiger partial charge is 0.160 e. The monoisotopic (exact) mass is 313 g/mol. The zero-order chi connectivity index (χ0) is 15.6. The number of aryl methyl sites for hydroxylation is 1. The lowest BCUT2D eigenvalue weighted by Gasteiger charge is -2.32. The van der Waals surface area contributed by atoms with Gasteiger partial charge in [0.05, 0.1) is 17.6 Å². The predicted octanol–water partition coefficient (Wildman–Crippen LogP) is 1.90. The van der Waals surface area contributed by atoms with Gasteiger partial charge in [-0.05, 0) is 19.8 Å². The van der Waals surface area contributed by atoms with E-state index in [4.69, 9.17) is 4.74 Å². The van der Waals surface area contributed by atoms with E-state index in [1.807, 2.05) is 12.4 Å². The highest BCUT2D eigenvalue weighted by atomic mass is 16.5. The minimum Gasteiger partial charge on any atom is -0.368 e. The van der Waals surface area contributed by atoms with Crippen molar-refractivity contribution >= 4 is 16.9 Å². The van der Waals surface area contributed by atoms with Gasteiger partial charge < -0.3 is 14.6 Å². The van der Waals surface area contributed by atoms with E-state index in [0.29, 0.717) is 0 Å². The third-order valence-electron chi connectivity index (χ3n) is 4.24. The van der Waals surface area contributed by atoms with E-state index in [0.717, 1.165) is 48.7 Å². The Balaban J connectivity index is 1.64. The molecule has 1 aliphatic heterocycles. The molecule has 2 N–H and O–H groups in total. The van der Waals surface area contributed by atoms with Crippen LogP contribution < -0.4 is 5.32 Å². The van der Waals surface area contributed by atoms with E-state index in [2.05, 4.69) is 42.0 Å². The highest BCUT2D eigenvalue weighted by Crippen LogP contribution is 2.30. The number of ether oxygens (including phenoxy) is 1. The molecule has 0 bridgehead atoms. The number of nitrogens with zero attached hydrogens (tertiary/aromatic N) is 5. The molecule has 0 aliphatic carbocycles. The van der Waals surface area contributed by atoms with Gasteiger partial charge in [0.1, 0.15) is 24.1 Å². The van der Waals surface area contributed by atoms with Crippen LogP contribution in [0.2, 0.25) is 0 Å². The maximum atomic E-state index is 6.03. The Morgan fingerprint density at radius 2 is 2.35 bits per heavy atom. The Hall–Kier alpha value is -2.48. The molecule has 2 atom stereocenters. The van der Waals surface area contributed by atoms with Crippen LogP contribution >= 0.6 is 0 Å². The fourth-order valence-corrected chi connectivity index (χ4v) is 3.08. The van der Waals surface area contributed by atoms with Crippen LogP contribution in [-0.2, 0) is 11.3 Å². The van der Waals surface area contributed by atoms with Crippen molar-refractivity contribution in [1.29, 1.82) is 0 Å². The molecule has 4 rings (SSSR count). The first-order valence-electron chi connectivity index (χ1n) is 7.90. The minimum absolute atomic E-state index is 0.0874. The van der Waals surface area contributed by atoms with Crippen molar-refractivity contribution in [3.05, 3.63) is 30.7 Å². The van der Waals surface area contributed by atoms with Gasteiger partial charge in [0.15, 0.2) is 5.65 Å². The van der Waals surface area contributed by atoms with Crippen LogP contribution in [-0.4, -0.2) is 42.4 Å². The zero-order valence-electron chi connectivity index (χ0n) is 12.9. The molecule has 120 valence electrons. The Bertz CT molecular complexity index is 796. The average Bonchev–Trinajstić information content (AvgIpc) is 3.24. The van der Waals surface area contributed by atoms with Gasteiger partial charge in [-0.3, -0.25) is 5.10 Å². The van der Waals surface area contributed by atoms with Gasteiger partial charge in [-0.1, -0.05) is 0 Å². The summed E-state index contributed by atoms with van der Waals surface area (Å²) in [6.07, 6.45) is 9.02. The van der Waals surface area contributed by atoms with Gasteiger partial charge in [-0.15, -0.1) is 0 Å². The number of nitrogens with one attached hydrogen (secondary N) is 2. The number of fused-ring (bicyclic) bond motifs is 1. The molecule has 1 aliphatic rings. The second-order valence-electron chi connectivity index (χ2n) is 5.61. The van der Waals surface area contributed by atoms with Crippen LogP contribution in [0.1, 0.15) is 31.7 Å². The van der Waals surface area contributed by atoms with Gasteiger partial charge in [-0.25, -0.2) is 15.0 Å². The van der Waals surface area contributed by atoms with E-state index < -0.39 is 0 Å². The SMILES string of the molecule is CCn1ccnc1[C@H]1OCCC[C@@H]1Nc1ncnc2[nH]ncc12. The van der Waals surface area contributed by atoms with Crippen LogP contribution in [0, 0.1) is 0 Å². The number of rotatable bonds is 4. The molecule has 4 heterocycles. The predicted molar refractivity (Wildman–Crippen MR) is 84.9 cm³/mol. The van der Waals surface area contributed by atoms with Gasteiger partial charge in [0.2, 0.25) is 0 Å². The number of anilines is 1. The fraction of sp³-hybridized carbons (Fsp3) is 0.467. The lowest BCUT2D eigenvalue weighted by atomic mass is 10.0. The molecule has 0 unspecified atom stereocenters. The molecular formula is C15H19N7O. The van der Waals surface area contributed by atoms with Crippen LogP contribution in [0.4, 0.5) is 5.82 Å². The zero-order valence-corrected chi connectivity index (χ0v) is 12.9. The van der Waals surface area contributed by atoms with Crippen molar-refractivity contribution in [2.24, 2.45) is 0 Å². The maximum absolute atomic E-state index is 6.03. The van der Waals surface area contributed by atoms with Gasteiger partial charge >= 0.3 is 0 Å². The summed E-state index contributed by atoms with van der Waals surface area (Å²) in [4.78, 5) is 13.0. The van der Waals surface area contributed by atoms with Crippen molar-refractivity contribution in [2.75, 3.05) is 11.9 Å². The summed E-state index contributed by atoms with van der Waals surface area (Å²) in [7, 11) is 0. The second-order valence-corrected chi connectivity index (χ2v) is 5.61. The number of imidazole rings is 1. The third-order valence-corrected chi connectivity index (χ3v) is 4.24. The molecular weight excluding hydrogens is 294 g/mol. The van der Waals surface area contributed by atoms with Crippen LogP contribution in [0.3, 0.4) is 0 Å². The topological polar surface area (TPSA) is 93.5 Å². The molecule has 0 spiro atoms. The molecule has 0 radical (unpaired) electrons. The molecule has 1 saturated heterocycles. The number of hydrogen-bond acceptors (Lipinski definition) is 6. The van der Waals surface area contributed by atoms with Crippen LogP contribution in [0.25, 0.3) is 11.0 Å². The first kappa shape index (κ1) is 14.1. The molecule has 0 aromatic carbocycles. The Morgan fingerprint density at radius 3 is 3.26 bits per heavy atom. The van der Waals surface area contributed by atoms with E-state index in [1.165, 1.54) is 6.33 Å². The first-order valence-corrected chi connectivity index (χ1v) is 7.90. The highest BCUT2D eigenvalue weighted by molar-refractivity contribution is 5.85. The Kier molecular flexibility index (Phi) is 3.66. The summed E-state index contributed by atoms with van der Waals surface area (Å²) in [5.41, 5.74) is 0.728. The maximum Gasteiger partial charge on any atom is 0.160 e. The largest absolute Gasteiger partial charge is 0.368 e. The molecule has 0 saturated carbocycles. The van der Waals surface area contributed by atoms with E-state index in [1.54, 1.807) is 6.20 Å². The Morgan fingerprint density at radius 1 is 1.39 bits per heavy atom. The van der Waals surface area contributed by atoms with Crippen molar-refractivity contribution in [1.82, 2.24) is 29.7 Å². The normalized spacial score (nSPS) is 21.6. The molecule has 0 amide bonds. The van der Waals surface area contributed by atoms with E-state index >= 15 is 0 Å². The summed E-state index contributed by atoms with van der Waals surface area (Å²) in [6.45, 7) is 3.74. The lowest BCUT2D eigenvalue weighted by molar-refractivity contribution is -0.00174. The van der Waals surface area contributed by atoms with E-state index in [-0.39, 0.29) is 12.1 Å².